The molecule has 1 aliphatic rings. The number of ether oxygens (including phenoxy) is 1. The largest absolute Gasteiger partial charge is 0.496 e. The fourth-order valence-electron chi connectivity index (χ4n) is 2.93. The number of Topliss-reactive ketones (excluding diaryl/α,β-unsaturated/α-hetero) is 1. The molecule has 0 bridgehead atoms. The molecular formula is C18H15FN4O3. The van der Waals surface area contributed by atoms with Gasteiger partial charge in [0.1, 0.15) is 17.3 Å². The van der Waals surface area contributed by atoms with Crippen molar-refractivity contribution in [1.29, 1.82) is 0 Å². The third kappa shape index (κ3) is 2.79. The molecule has 1 aliphatic carbocycles. The second-order valence-electron chi connectivity index (χ2n) is 6.11. The Morgan fingerprint density at radius 2 is 2.12 bits per heavy atom. The third-order valence-electron chi connectivity index (χ3n) is 4.37. The van der Waals surface area contributed by atoms with Gasteiger partial charge in [-0.2, -0.15) is 4.98 Å². The van der Waals surface area contributed by atoms with Crippen molar-refractivity contribution < 1.29 is 18.7 Å². The Labute approximate surface area is 147 Å². The highest BCUT2D eigenvalue weighted by Crippen LogP contribution is 2.32. The Morgan fingerprint density at radius 3 is 2.85 bits per heavy atom. The zero-order chi connectivity index (χ0) is 18.3. The molecule has 3 aromatic rings. The number of pyridine rings is 1. The molecule has 0 spiro atoms. The quantitative estimate of drug-likeness (QED) is 0.778. The fraction of sp³-hybridized carbons (Fsp3) is 0.222. The van der Waals surface area contributed by atoms with Crippen LogP contribution in [0.1, 0.15) is 12.8 Å². The number of anilines is 1. The Bertz CT molecular complexity index is 1020. The minimum absolute atomic E-state index is 0.0802. The zero-order valence-corrected chi connectivity index (χ0v) is 13.9. The number of benzene rings is 1. The predicted molar refractivity (Wildman–Crippen MR) is 91.3 cm³/mol. The van der Waals surface area contributed by atoms with Gasteiger partial charge in [0, 0.05) is 24.6 Å². The number of ketones is 1. The first-order valence-corrected chi connectivity index (χ1v) is 8.07. The number of aromatic nitrogens is 3. The molecule has 132 valence electrons. The van der Waals surface area contributed by atoms with Gasteiger partial charge in [0.05, 0.1) is 18.6 Å². The summed E-state index contributed by atoms with van der Waals surface area (Å²) in [6.45, 7) is 0. The van der Waals surface area contributed by atoms with Crippen molar-refractivity contribution in [3.8, 4) is 16.9 Å². The van der Waals surface area contributed by atoms with E-state index in [0.717, 1.165) is 0 Å². The standard InChI is InChI=1S/C18H15FN4O3/c1-26-14-4-2-3-13(19)16(14)10-5-6-15-20-18(22-23(15)9-10)21-17(25)11-7-12(24)8-11/h2-6,9,11H,7-8H2,1H3,(H,21,22,25). The molecular weight excluding hydrogens is 339 g/mol. The van der Waals surface area contributed by atoms with Crippen LogP contribution >= 0.6 is 0 Å². The molecule has 0 saturated heterocycles. The Balaban J connectivity index is 1.64. The second-order valence-corrected chi connectivity index (χ2v) is 6.11. The summed E-state index contributed by atoms with van der Waals surface area (Å²) in [5, 5.41) is 6.82. The van der Waals surface area contributed by atoms with Crippen molar-refractivity contribution in [3.63, 3.8) is 0 Å². The Morgan fingerprint density at radius 1 is 1.31 bits per heavy atom. The molecule has 1 saturated carbocycles. The predicted octanol–water partition coefficient (Wildman–Crippen LogP) is 2.46. The number of nitrogens with zero attached hydrogens (tertiary/aromatic N) is 3. The number of nitrogens with one attached hydrogen (secondary N) is 1. The molecule has 0 atom stereocenters. The van der Waals surface area contributed by atoms with Gasteiger partial charge < -0.3 is 4.74 Å². The van der Waals surface area contributed by atoms with Crippen molar-refractivity contribution in [2.45, 2.75) is 12.8 Å². The maximum Gasteiger partial charge on any atom is 0.249 e. The molecule has 1 amide bonds. The summed E-state index contributed by atoms with van der Waals surface area (Å²) in [4.78, 5) is 27.2. The monoisotopic (exact) mass is 354 g/mol. The van der Waals surface area contributed by atoms with Gasteiger partial charge in [0.2, 0.25) is 11.9 Å². The summed E-state index contributed by atoms with van der Waals surface area (Å²) in [5.74, 6) is -0.355. The highest BCUT2D eigenvalue weighted by molar-refractivity contribution is 6.01. The zero-order valence-electron chi connectivity index (χ0n) is 13.9. The molecule has 0 aliphatic heterocycles. The van der Waals surface area contributed by atoms with Gasteiger partial charge in [-0.25, -0.2) is 8.91 Å². The molecule has 2 aromatic heterocycles. The van der Waals surface area contributed by atoms with Crippen LogP contribution in [0.3, 0.4) is 0 Å². The number of methoxy groups -OCH3 is 1. The summed E-state index contributed by atoms with van der Waals surface area (Å²) in [5.41, 5.74) is 1.40. The van der Waals surface area contributed by atoms with Crippen molar-refractivity contribution in [1.82, 2.24) is 14.6 Å². The lowest BCUT2D eigenvalue weighted by atomic mass is 9.83. The van der Waals surface area contributed by atoms with E-state index in [-0.39, 0.29) is 36.4 Å². The molecule has 1 fully saturated rings. The van der Waals surface area contributed by atoms with E-state index in [9.17, 15) is 14.0 Å². The smallest absolute Gasteiger partial charge is 0.249 e. The summed E-state index contributed by atoms with van der Waals surface area (Å²) < 4.78 is 21.0. The Hall–Kier alpha value is -3.29. The number of hydrogen-bond donors (Lipinski definition) is 1. The number of amides is 1. The number of fused-ring (bicyclic) bond motifs is 1. The minimum Gasteiger partial charge on any atom is -0.496 e. The summed E-state index contributed by atoms with van der Waals surface area (Å²) in [7, 11) is 1.48. The van der Waals surface area contributed by atoms with Gasteiger partial charge in [-0.1, -0.05) is 6.07 Å². The molecule has 0 radical (unpaired) electrons. The minimum atomic E-state index is -0.410. The maximum absolute atomic E-state index is 14.3. The van der Waals surface area contributed by atoms with E-state index in [1.165, 1.54) is 17.7 Å². The van der Waals surface area contributed by atoms with E-state index in [2.05, 4.69) is 15.4 Å². The molecule has 8 heteroatoms. The summed E-state index contributed by atoms with van der Waals surface area (Å²) in [6.07, 6.45) is 2.14. The van der Waals surface area contributed by atoms with Gasteiger partial charge in [-0.05, 0) is 24.3 Å². The summed E-state index contributed by atoms with van der Waals surface area (Å²) in [6, 6.07) is 7.99. The normalized spacial score (nSPS) is 14.3. The second kappa shape index (κ2) is 6.21. The molecule has 0 unspecified atom stereocenters. The van der Waals surface area contributed by atoms with Gasteiger partial charge >= 0.3 is 0 Å². The third-order valence-corrected chi connectivity index (χ3v) is 4.37. The molecule has 2 heterocycles. The molecule has 1 aromatic carbocycles. The van der Waals surface area contributed by atoms with Gasteiger partial charge in [0.15, 0.2) is 5.65 Å². The van der Waals surface area contributed by atoms with Crippen molar-refractivity contribution in [2.24, 2.45) is 5.92 Å². The van der Waals surface area contributed by atoms with Gasteiger partial charge in [0.25, 0.3) is 0 Å². The van der Waals surface area contributed by atoms with Crippen LogP contribution in [0.4, 0.5) is 10.3 Å². The number of hydrogen-bond acceptors (Lipinski definition) is 5. The number of rotatable bonds is 4. The first-order valence-electron chi connectivity index (χ1n) is 8.07. The SMILES string of the molecule is COc1cccc(F)c1-c1ccc2nc(NC(=O)C3CC(=O)C3)nn2c1. The fourth-order valence-corrected chi connectivity index (χ4v) is 2.93. The lowest BCUT2D eigenvalue weighted by Crippen LogP contribution is -2.34. The van der Waals surface area contributed by atoms with Crippen LogP contribution < -0.4 is 10.1 Å². The van der Waals surface area contributed by atoms with E-state index < -0.39 is 5.82 Å². The Kier molecular flexibility index (Phi) is 3.87. The maximum atomic E-state index is 14.3. The van der Waals surface area contributed by atoms with Crippen LogP contribution in [-0.2, 0) is 9.59 Å². The lowest BCUT2D eigenvalue weighted by molar-refractivity contribution is -0.135. The number of carbonyl (C=O) groups is 2. The van der Waals surface area contributed by atoms with E-state index in [4.69, 9.17) is 4.74 Å². The van der Waals surface area contributed by atoms with Crippen LogP contribution in [-0.4, -0.2) is 33.4 Å². The highest BCUT2D eigenvalue weighted by atomic mass is 19.1. The average Bonchev–Trinajstić information content (AvgIpc) is 2.99. The van der Waals surface area contributed by atoms with Crippen LogP contribution in [0, 0.1) is 11.7 Å². The molecule has 7 nitrogen and oxygen atoms in total. The first-order chi connectivity index (χ1) is 12.5. The molecule has 1 N–H and O–H groups in total. The van der Waals surface area contributed by atoms with Crippen LogP contribution in [0.5, 0.6) is 5.75 Å². The van der Waals surface area contributed by atoms with Crippen LogP contribution in [0.2, 0.25) is 0 Å². The van der Waals surface area contributed by atoms with Gasteiger partial charge in [-0.15, -0.1) is 5.10 Å². The van der Waals surface area contributed by atoms with Crippen molar-refractivity contribution in [3.05, 3.63) is 42.3 Å². The first kappa shape index (κ1) is 16.2. The van der Waals surface area contributed by atoms with Crippen molar-refractivity contribution in [2.75, 3.05) is 12.4 Å². The summed E-state index contributed by atoms with van der Waals surface area (Å²) >= 11 is 0. The topological polar surface area (TPSA) is 85.6 Å². The average molecular weight is 354 g/mol. The molecule has 4 rings (SSSR count). The van der Waals surface area contributed by atoms with Crippen LogP contribution in [0.25, 0.3) is 16.8 Å². The van der Waals surface area contributed by atoms with E-state index in [1.807, 2.05) is 0 Å². The van der Waals surface area contributed by atoms with E-state index >= 15 is 0 Å². The van der Waals surface area contributed by atoms with E-state index in [0.29, 0.717) is 22.5 Å². The van der Waals surface area contributed by atoms with Crippen molar-refractivity contribution >= 4 is 23.3 Å². The lowest BCUT2D eigenvalue weighted by Gasteiger charge is -2.21. The van der Waals surface area contributed by atoms with Gasteiger partial charge in [-0.3, -0.25) is 14.9 Å². The highest BCUT2D eigenvalue weighted by Gasteiger charge is 2.33. The van der Waals surface area contributed by atoms with Crippen LogP contribution in [0.15, 0.2) is 36.5 Å². The number of carbonyl (C=O) groups excluding carboxylic acids is 2. The number of halogens is 1. The van der Waals surface area contributed by atoms with E-state index in [1.54, 1.807) is 30.5 Å². The molecule has 26 heavy (non-hydrogen) atoms.